The van der Waals surface area contributed by atoms with Crippen molar-refractivity contribution in [2.75, 3.05) is 19.8 Å². The summed E-state index contributed by atoms with van der Waals surface area (Å²) in [5.74, 6) is -0.489. The Labute approximate surface area is 370 Å². The summed E-state index contributed by atoms with van der Waals surface area (Å²) in [6, 6.07) is 0. The van der Waals surface area contributed by atoms with Gasteiger partial charge in [-0.05, 0) is 64.2 Å². The number of allylic oxidation sites excluding steroid dienone is 6. The molecule has 358 valence electrons. The fourth-order valence-electron chi connectivity index (χ4n) is 7.33. The highest BCUT2D eigenvalue weighted by Crippen LogP contribution is 2.47. The minimum atomic E-state index is -5.02. The van der Waals surface area contributed by atoms with E-state index in [9.17, 15) is 39.8 Å². The Morgan fingerprint density at radius 2 is 0.951 bits per heavy atom. The second kappa shape index (κ2) is 39.0. The van der Waals surface area contributed by atoms with Crippen molar-refractivity contribution >= 4 is 13.8 Å². The first-order valence-corrected chi connectivity index (χ1v) is 25.8. The number of ether oxygens (including phenoxy) is 2. The molecule has 0 radical (unpaired) electrons. The van der Waals surface area contributed by atoms with Gasteiger partial charge in [-0.3, -0.25) is 13.8 Å². The predicted octanol–water partition coefficient (Wildman–Crippen LogP) is 10.3. The lowest BCUT2D eigenvalue weighted by Gasteiger charge is -2.41. The minimum Gasteiger partial charge on any atom is -0.457 e. The van der Waals surface area contributed by atoms with Gasteiger partial charge in [0.2, 0.25) is 0 Å². The van der Waals surface area contributed by atoms with Gasteiger partial charge in [0.25, 0.3) is 0 Å². The monoisotopic (exact) mass is 889 g/mol. The van der Waals surface area contributed by atoms with Crippen LogP contribution in [0.25, 0.3) is 0 Å². The Hall–Kier alpha value is -1.44. The minimum absolute atomic E-state index is 0.0801. The van der Waals surface area contributed by atoms with Gasteiger partial charge in [0.05, 0.1) is 13.2 Å². The molecule has 0 heterocycles. The number of phosphoric ester groups is 1. The fourth-order valence-corrected chi connectivity index (χ4v) is 8.30. The van der Waals surface area contributed by atoms with E-state index in [1.54, 1.807) is 0 Å². The van der Waals surface area contributed by atoms with Crippen molar-refractivity contribution in [2.24, 2.45) is 0 Å². The van der Waals surface area contributed by atoms with E-state index >= 15 is 0 Å². The SMILES string of the molecule is CCC/C=C\CCCCCCCC(=O)OC(COCCCCCCCCCCCCCC/C=C\C/C=C\CCCCCCC)COP(=O)(O)OC1C(O)C(O)C(O)C(O)C1O. The first-order chi connectivity index (χ1) is 29.5. The van der Waals surface area contributed by atoms with Gasteiger partial charge in [-0.15, -0.1) is 0 Å². The van der Waals surface area contributed by atoms with Crippen LogP contribution >= 0.6 is 7.82 Å². The molecule has 1 saturated carbocycles. The van der Waals surface area contributed by atoms with Crippen molar-refractivity contribution in [1.29, 1.82) is 0 Å². The molecular weight excluding hydrogens is 799 g/mol. The number of aliphatic hydroxyl groups is 5. The number of esters is 1. The van der Waals surface area contributed by atoms with Crippen LogP contribution in [0.3, 0.4) is 0 Å². The third-order valence-electron chi connectivity index (χ3n) is 11.2. The van der Waals surface area contributed by atoms with Gasteiger partial charge in [0.15, 0.2) is 0 Å². The molecule has 1 fully saturated rings. The smallest absolute Gasteiger partial charge is 0.457 e. The van der Waals surface area contributed by atoms with Gasteiger partial charge >= 0.3 is 13.8 Å². The first-order valence-electron chi connectivity index (χ1n) is 24.3. The normalized spacial score (nSPS) is 22.4. The molecule has 0 aliphatic heterocycles. The Bertz CT molecular complexity index is 1150. The Kier molecular flexibility index (Phi) is 36.8. The number of carbonyl (C=O) groups is 1. The Morgan fingerprint density at radius 3 is 1.46 bits per heavy atom. The summed E-state index contributed by atoms with van der Waals surface area (Å²) in [6.07, 6.45) is 33.8. The maximum absolute atomic E-state index is 12.8. The molecule has 0 amide bonds. The molecule has 0 saturated heterocycles. The van der Waals surface area contributed by atoms with Gasteiger partial charge in [-0.2, -0.15) is 0 Å². The molecule has 1 aliphatic carbocycles. The van der Waals surface area contributed by atoms with Gasteiger partial charge in [0, 0.05) is 13.0 Å². The van der Waals surface area contributed by atoms with Crippen LogP contribution in [0.2, 0.25) is 0 Å². The first kappa shape index (κ1) is 57.6. The van der Waals surface area contributed by atoms with Crippen molar-refractivity contribution in [3.05, 3.63) is 36.5 Å². The van der Waals surface area contributed by atoms with Crippen LogP contribution in [-0.4, -0.2) is 98.9 Å². The number of carbonyl (C=O) groups excluding carboxylic acids is 1. The van der Waals surface area contributed by atoms with E-state index in [-0.39, 0.29) is 13.0 Å². The van der Waals surface area contributed by atoms with E-state index in [1.807, 2.05) is 0 Å². The van der Waals surface area contributed by atoms with E-state index < -0.39 is 63.1 Å². The number of hydrogen-bond donors (Lipinski definition) is 6. The number of hydrogen-bond acceptors (Lipinski definition) is 11. The summed E-state index contributed by atoms with van der Waals surface area (Å²) in [4.78, 5) is 23.1. The highest BCUT2D eigenvalue weighted by Gasteiger charge is 2.51. The molecule has 6 N–H and O–H groups in total. The van der Waals surface area contributed by atoms with E-state index in [2.05, 4.69) is 50.3 Å². The van der Waals surface area contributed by atoms with Crippen LogP contribution in [-0.2, 0) is 27.9 Å². The molecule has 6 unspecified atom stereocenters. The van der Waals surface area contributed by atoms with E-state index in [0.717, 1.165) is 70.6 Å². The number of unbranched alkanes of at least 4 members (excludes halogenated alkanes) is 23. The third kappa shape index (κ3) is 31.1. The average Bonchev–Trinajstić information content (AvgIpc) is 3.24. The molecule has 0 aromatic carbocycles. The van der Waals surface area contributed by atoms with Crippen molar-refractivity contribution in [1.82, 2.24) is 0 Å². The molecule has 13 heteroatoms. The van der Waals surface area contributed by atoms with Gasteiger partial charge in [0.1, 0.15) is 42.7 Å². The largest absolute Gasteiger partial charge is 0.472 e. The van der Waals surface area contributed by atoms with Crippen LogP contribution in [0.15, 0.2) is 36.5 Å². The highest BCUT2D eigenvalue weighted by molar-refractivity contribution is 7.47. The highest BCUT2D eigenvalue weighted by atomic mass is 31.2. The van der Waals surface area contributed by atoms with Crippen molar-refractivity contribution < 1.29 is 58.3 Å². The third-order valence-corrected chi connectivity index (χ3v) is 12.2. The van der Waals surface area contributed by atoms with Crippen LogP contribution < -0.4 is 0 Å². The lowest BCUT2D eigenvalue weighted by atomic mass is 9.85. The van der Waals surface area contributed by atoms with Crippen LogP contribution in [0.5, 0.6) is 0 Å². The molecule has 6 atom stereocenters. The summed E-state index contributed by atoms with van der Waals surface area (Å²) >= 11 is 0. The van der Waals surface area contributed by atoms with E-state index in [4.69, 9.17) is 18.5 Å². The molecule has 1 aliphatic rings. The maximum Gasteiger partial charge on any atom is 0.472 e. The Balaban J connectivity index is 2.28. The molecule has 0 aromatic rings. The zero-order valence-corrected chi connectivity index (χ0v) is 39.1. The van der Waals surface area contributed by atoms with E-state index in [1.165, 1.54) is 103 Å². The summed E-state index contributed by atoms with van der Waals surface area (Å²) in [7, 11) is -5.02. The fraction of sp³-hybridized carbons (Fsp3) is 0.854. The molecule has 0 spiro atoms. The molecule has 0 aromatic heterocycles. The summed E-state index contributed by atoms with van der Waals surface area (Å²) in [5.41, 5.74) is 0. The molecular formula is C48H89O12P. The summed E-state index contributed by atoms with van der Waals surface area (Å²) < 4.78 is 34.1. The summed E-state index contributed by atoms with van der Waals surface area (Å²) in [6.45, 7) is 4.17. The number of aliphatic hydroxyl groups excluding tert-OH is 5. The average molecular weight is 889 g/mol. The van der Waals surface area contributed by atoms with E-state index in [0.29, 0.717) is 13.0 Å². The van der Waals surface area contributed by atoms with Crippen LogP contribution in [0.1, 0.15) is 200 Å². The van der Waals surface area contributed by atoms with Gasteiger partial charge in [-0.1, -0.05) is 166 Å². The molecule has 61 heavy (non-hydrogen) atoms. The van der Waals surface area contributed by atoms with Crippen LogP contribution in [0.4, 0.5) is 0 Å². The zero-order valence-electron chi connectivity index (χ0n) is 38.2. The quantitative estimate of drug-likeness (QED) is 0.0148. The Morgan fingerprint density at radius 1 is 0.525 bits per heavy atom. The lowest BCUT2D eigenvalue weighted by molar-refractivity contribution is -0.220. The second-order valence-corrected chi connectivity index (χ2v) is 18.4. The topological polar surface area (TPSA) is 192 Å². The second-order valence-electron chi connectivity index (χ2n) is 17.0. The standard InChI is InChI=1S/C48H89O12P/c1-3-5-7-9-11-13-15-16-17-18-19-20-21-22-23-24-25-26-27-28-30-32-34-36-38-57-39-41(59-42(49)37-35-33-31-29-14-12-10-8-6-4-2)40-58-61(55,56)60-48-46(53)44(51)43(50)45(52)47(48)54/h8,10,15-16,18-19,41,43-48,50-54H,3-7,9,11-14,17,20-40H2,1-2H3,(H,55,56)/b10-8-,16-15-,19-18-. The number of phosphoric acid groups is 1. The maximum atomic E-state index is 12.8. The van der Waals surface area contributed by atoms with Crippen molar-refractivity contribution in [3.8, 4) is 0 Å². The molecule has 12 nitrogen and oxygen atoms in total. The van der Waals surface area contributed by atoms with Crippen LogP contribution in [0, 0.1) is 0 Å². The predicted molar refractivity (Wildman–Crippen MR) is 244 cm³/mol. The van der Waals surface area contributed by atoms with Crippen molar-refractivity contribution in [3.63, 3.8) is 0 Å². The zero-order chi connectivity index (χ0) is 44.8. The molecule has 0 bridgehead atoms. The van der Waals surface area contributed by atoms with Gasteiger partial charge in [-0.25, -0.2) is 4.57 Å². The molecule has 1 rings (SSSR count). The lowest BCUT2D eigenvalue weighted by Crippen LogP contribution is -2.64. The van der Waals surface area contributed by atoms with Crippen molar-refractivity contribution in [2.45, 2.75) is 243 Å². The van der Waals surface area contributed by atoms with Gasteiger partial charge < -0.3 is 39.9 Å². The number of rotatable bonds is 41. The summed E-state index contributed by atoms with van der Waals surface area (Å²) in [5, 5.41) is 50.1.